The highest BCUT2D eigenvalue weighted by Gasteiger charge is 2.34. The number of pyridine rings is 1. The summed E-state index contributed by atoms with van der Waals surface area (Å²) in [4.78, 5) is 35.0. The number of aliphatic hydroxyl groups is 2. The minimum atomic E-state index is -0.521. The lowest BCUT2D eigenvalue weighted by atomic mass is 9.97. The number of rotatable bonds is 7. The van der Waals surface area contributed by atoms with E-state index in [4.69, 9.17) is 21.8 Å². The number of aromatic nitrogens is 1. The Bertz CT molecular complexity index is 1290. The molecule has 0 atom stereocenters. The zero-order valence-corrected chi connectivity index (χ0v) is 22.8. The predicted octanol–water partition coefficient (Wildman–Crippen LogP) is 3.87. The first-order chi connectivity index (χ1) is 19.4. The standard InChI is InChI=1S/C12H11FN2O2.C10H17NO2.C7H6ClNO/c13-10-7-9(4-5-11(10)14-8-16)15-6-2-1-3-12(15)17;12-7-8-3-5-11(6-4-8)10(13)9-1-2-9;8-6-1-3-7(4-2-6)9-5-10/h1-7,14,16H,8H2;8-9,12H,1-7H2;1-5H,(H,9,10). The van der Waals surface area contributed by atoms with Crippen molar-refractivity contribution in [1.82, 2.24) is 9.47 Å². The number of amides is 2. The van der Waals surface area contributed by atoms with Gasteiger partial charge in [0.25, 0.3) is 5.56 Å². The van der Waals surface area contributed by atoms with E-state index >= 15 is 0 Å². The molecule has 1 aromatic heterocycles. The Balaban J connectivity index is 0.000000172. The summed E-state index contributed by atoms with van der Waals surface area (Å²) in [5, 5.41) is 23.2. The Hall–Kier alpha value is -3.73. The molecule has 2 heterocycles. The molecular formula is C29H34ClFN4O5. The van der Waals surface area contributed by atoms with Gasteiger partial charge in [0.05, 0.1) is 11.4 Å². The van der Waals surface area contributed by atoms with Crippen molar-refractivity contribution in [2.24, 2.45) is 11.8 Å². The maximum absolute atomic E-state index is 13.6. The van der Waals surface area contributed by atoms with Gasteiger partial charge in [-0.05, 0) is 74.1 Å². The van der Waals surface area contributed by atoms with Crippen LogP contribution in [0.4, 0.5) is 15.8 Å². The first-order valence-electron chi connectivity index (χ1n) is 13.0. The van der Waals surface area contributed by atoms with E-state index in [1.165, 1.54) is 22.8 Å². The lowest BCUT2D eigenvalue weighted by molar-refractivity contribution is -0.134. The Morgan fingerprint density at radius 2 is 1.73 bits per heavy atom. The molecule has 0 radical (unpaired) electrons. The zero-order chi connectivity index (χ0) is 28.9. The quantitative estimate of drug-likeness (QED) is 0.252. The van der Waals surface area contributed by atoms with Gasteiger partial charge in [0, 0.05) is 54.7 Å². The maximum atomic E-state index is 13.6. The van der Waals surface area contributed by atoms with Crippen molar-refractivity contribution >= 4 is 35.3 Å². The Kier molecular flexibility index (Phi) is 12.1. The van der Waals surface area contributed by atoms with Crippen molar-refractivity contribution in [3.8, 4) is 5.69 Å². The van der Waals surface area contributed by atoms with Crippen molar-refractivity contribution in [3.63, 3.8) is 0 Å². The molecule has 3 aromatic rings. The number of hydrogen-bond donors (Lipinski definition) is 4. The van der Waals surface area contributed by atoms with E-state index in [9.17, 15) is 18.8 Å². The number of piperidine rings is 1. The van der Waals surface area contributed by atoms with Crippen LogP contribution in [0.1, 0.15) is 25.7 Å². The molecule has 1 saturated carbocycles. The molecule has 2 amide bonds. The van der Waals surface area contributed by atoms with Gasteiger partial charge in [0.15, 0.2) is 0 Å². The van der Waals surface area contributed by atoms with Crippen LogP contribution in [-0.4, -0.2) is 58.4 Å². The predicted molar refractivity (Wildman–Crippen MR) is 153 cm³/mol. The van der Waals surface area contributed by atoms with Gasteiger partial charge in [-0.1, -0.05) is 17.7 Å². The van der Waals surface area contributed by atoms with Gasteiger partial charge < -0.3 is 25.7 Å². The number of hydrogen-bond acceptors (Lipinski definition) is 6. The van der Waals surface area contributed by atoms with Crippen LogP contribution < -0.4 is 16.2 Å². The van der Waals surface area contributed by atoms with E-state index < -0.39 is 5.82 Å². The Morgan fingerprint density at radius 3 is 2.27 bits per heavy atom. The fraction of sp³-hybridized carbons (Fsp3) is 0.345. The van der Waals surface area contributed by atoms with Crippen molar-refractivity contribution in [3.05, 3.63) is 88.1 Å². The second-order valence-corrected chi connectivity index (χ2v) is 9.84. The number of carbonyl (C=O) groups is 2. The number of carbonyl (C=O) groups excluding carboxylic acids is 2. The van der Waals surface area contributed by atoms with Gasteiger partial charge in [0.2, 0.25) is 12.3 Å². The second kappa shape index (κ2) is 15.8. The van der Waals surface area contributed by atoms with Crippen LogP contribution in [0, 0.1) is 17.7 Å². The van der Waals surface area contributed by atoms with Crippen LogP contribution in [0.5, 0.6) is 0 Å². The molecule has 0 unspecified atom stereocenters. The van der Waals surface area contributed by atoms with E-state index in [1.807, 2.05) is 4.90 Å². The average Bonchev–Trinajstić information content (AvgIpc) is 3.82. The number of nitrogens with zero attached hydrogens (tertiary/aromatic N) is 2. The summed E-state index contributed by atoms with van der Waals surface area (Å²) in [6, 6.07) is 15.9. The summed E-state index contributed by atoms with van der Waals surface area (Å²) >= 11 is 5.60. The number of aliphatic hydroxyl groups excluding tert-OH is 2. The molecule has 11 heteroatoms. The van der Waals surface area contributed by atoms with Gasteiger partial charge in [0.1, 0.15) is 12.5 Å². The van der Waals surface area contributed by atoms with E-state index in [-0.39, 0.29) is 24.6 Å². The van der Waals surface area contributed by atoms with Gasteiger partial charge in [-0.15, -0.1) is 0 Å². The largest absolute Gasteiger partial charge is 0.396 e. The molecular weight excluding hydrogens is 539 g/mol. The van der Waals surface area contributed by atoms with Crippen molar-refractivity contribution in [2.45, 2.75) is 25.7 Å². The van der Waals surface area contributed by atoms with Crippen molar-refractivity contribution in [2.75, 3.05) is 37.1 Å². The fourth-order valence-electron chi connectivity index (χ4n) is 4.06. The van der Waals surface area contributed by atoms with Crippen LogP contribution in [0.2, 0.25) is 5.02 Å². The molecule has 0 bridgehead atoms. The highest BCUT2D eigenvalue weighted by molar-refractivity contribution is 6.30. The third kappa shape index (κ3) is 9.48. The molecule has 9 nitrogen and oxygen atoms in total. The van der Waals surface area contributed by atoms with Crippen LogP contribution in [0.25, 0.3) is 5.69 Å². The number of halogens is 2. The molecule has 214 valence electrons. The summed E-state index contributed by atoms with van der Waals surface area (Å²) < 4.78 is 14.9. The minimum absolute atomic E-state index is 0.195. The van der Waals surface area contributed by atoms with Crippen LogP contribution in [0.3, 0.4) is 0 Å². The van der Waals surface area contributed by atoms with E-state index in [1.54, 1.807) is 48.7 Å². The molecule has 4 N–H and O–H groups in total. The average molecular weight is 573 g/mol. The monoisotopic (exact) mass is 572 g/mol. The first-order valence-corrected chi connectivity index (χ1v) is 13.4. The lowest BCUT2D eigenvalue weighted by Crippen LogP contribution is -2.39. The number of nitrogens with one attached hydrogen (secondary N) is 2. The van der Waals surface area contributed by atoms with E-state index in [2.05, 4.69) is 10.6 Å². The topological polar surface area (TPSA) is 124 Å². The summed E-state index contributed by atoms with van der Waals surface area (Å²) in [6.07, 6.45) is 6.35. The third-order valence-electron chi connectivity index (χ3n) is 6.50. The lowest BCUT2D eigenvalue weighted by Gasteiger charge is -2.31. The van der Waals surface area contributed by atoms with Gasteiger partial charge in [-0.3, -0.25) is 19.0 Å². The van der Waals surface area contributed by atoms with Crippen LogP contribution >= 0.6 is 11.6 Å². The fourth-order valence-corrected chi connectivity index (χ4v) is 4.19. The molecule has 2 aliphatic rings. The van der Waals surface area contributed by atoms with Crippen molar-refractivity contribution < 1.29 is 24.2 Å². The molecule has 40 heavy (non-hydrogen) atoms. The Morgan fingerprint density at radius 1 is 1.02 bits per heavy atom. The zero-order valence-electron chi connectivity index (χ0n) is 22.0. The van der Waals surface area contributed by atoms with E-state index in [0.29, 0.717) is 34.9 Å². The van der Waals surface area contributed by atoms with Crippen molar-refractivity contribution in [1.29, 1.82) is 0 Å². The van der Waals surface area contributed by atoms with Gasteiger partial charge in [-0.2, -0.15) is 0 Å². The first kappa shape index (κ1) is 30.8. The molecule has 0 spiro atoms. The van der Waals surface area contributed by atoms with E-state index in [0.717, 1.165) is 44.5 Å². The summed E-state index contributed by atoms with van der Waals surface area (Å²) in [5.74, 6) is 0.623. The SMILES string of the molecule is O=C(C1CC1)N1CCC(CO)CC1.O=CNc1ccc(Cl)cc1.O=c1ccccn1-c1ccc(NCO)c(F)c1. The summed E-state index contributed by atoms with van der Waals surface area (Å²) in [5.41, 5.74) is 1.16. The summed E-state index contributed by atoms with van der Waals surface area (Å²) in [6.45, 7) is 1.66. The molecule has 2 aromatic carbocycles. The molecule has 1 saturated heterocycles. The minimum Gasteiger partial charge on any atom is -0.396 e. The van der Waals surface area contributed by atoms with Gasteiger partial charge in [-0.25, -0.2) is 4.39 Å². The molecule has 5 rings (SSSR count). The van der Waals surface area contributed by atoms with Crippen LogP contribution in [0.15, 0.2) is 71.7 Å². The molecule has 1 aliphatic carbocycles. The van der Waals surface area contributed by atoms with Gasteiger partial charge >= 0.3 is 0 Å². The number of benzene rings is 2. The number of anilines is 2. The molecule has 1 aliphatic heterocycles. The highest BCUT2D eigenvalue weighted by atomic mass is 35.5. The normalized spacial score (nSPS) is 14.7. The number of likely N-dealkylation sites (tertiary alicyclic amines) is 1. The Labute approximate surface area is 237 Å². The maximum Gasteiger partial charge on any atom is 0.255 e. The summed E-state index contributed by atoms with van der Waals surface area (Å²) in [7, 11) is 0. The third-order valence-corrected chi connectivity index (χ3v) is 6.76. The highest BCUT2D eigenvalue weighted by Crippen LogP contribution is 2.32. The smallest absolute Gasteiger partial charge is 0.255 e. The molecule has 2 fully saturated rings. The van der Waals surface area contributed by atoms with Crippen LogP contribution in [-0.2, 0) is 9.59 Å². The second-order valence-electron chi connectivity index (χ2n) is 9.40.